The summed E-state index contributed by atoms with van der Waals surface area (Å²) in [5, 5.41) is 2.83. The van der Waals surface area contributed by atoms with Gasteiger partial charge in [-0.3, -0.25) is 9.59 Å². The van der Waals surface area contributed by atoms with E-state index in [2.05, 4.69) is 5.32 Å². The molecule has 0 heterocycles. The highest BCUT2D eigenvalue weighted by atomic mass is 32.2. The molecule has 1 N–H and O–H groups in total. The van der Waals surface area contributed by atoms with Crippen LogP contribution in [-0.4, -0.2) is 17.4 Å². The van der Waals surface area contributed by atoms with E-state index in [-0.39, 0.29) is 11.7 Å². The summed E-state index contributed by atoms with van der Waals surface area (Å²) in [5.74, 6) is 0.307. The summed E-state index contributed by atoms with van der Waals surface area (Å²) < 4.78 is 0. The van der Waals surface area contributed by atoms with Crippen LogP contribution < -0.4 is 5.32 Å². The van der Waals surface area contributed by atoms with Crippen molar-refractivity contribution in [1.29, 1.82) is 0 Å². The first-order chi connectivity index (χ1) is 13.6. The first kappa shape index (κ1) is 19.6. The lowest BCUT2D eigenvalue weighted by molar-refractivity contribution is -0.111. The monoisotopic (exact) mass is 387 g/mol. The molecule has 0 bridgehead atoms. The topological polar surface area (TPSA) is 46.2 Å². The fourth-order valence-electron chi connectivity index (χ4n) is 2.53. The van der Waals surface area contributed by atoms with Crippen LogP contribution in [0.25, 0.3) is 6.08 Å². The molecule has 0 aliphatic carbocycles. The molecule has 3 aromatic rings. The van der Waals surface area contributed by atoms with Gasteiger partial charge >= 0.3 is 0 Å². The molecule has 0 saturated heterocycles. The van der Waals surface area contributed by atoms with Gasteiger partial charge in [0.05, 0.1) is 5.75 Å². The van der Waals surface area contributed by atoms with Crippen molar-refractivity contribution in [1.82, 2.24) is 0 Å². The standard InChI is InChI=1S/C24H21NO2S/c1-18-7-10-20(11-8-18)23(26)17-28-22-14-12-21(13-15-22)25-24(27)16-9-19-5-3-2-4-6-19/h2-16H,17H2,1H3,(H,25,27)/b16-9+. The largest absolute Gasteiger partial charge is 0.323 e. The molecule has 3 nitrogen and oxygen atoms in total. The average Bonchev–Trinajstić information content (AvgIpc) is 2.73. The maximum atomic E-state index is 12.2. The van der Waals surface area contributed by atoms with Gasteiger partial charge in [0.25, 0.3) is 0 Å². The Morgan fingerprint density at radius 2 is 1.57 bits per heavy atom. The molecule has 0 atom stereocenters. The first-order valence-corrected chi connectivity index (χ1v) is 9.95. The quantitative estimate of drug-likeness (QED) is 0.325. The van der Waals surface area contributed by atoms with E-state index in [1.807, 2.05) is 85.8 Å². The summed E-state index contributed by atoms with van der Waals surface area (Å²) in [6, 6.07) is 24.8. The van der Waals surface area contributed by atoms with Crippen molar-refractivity contribution in [2.75, 3.05) is 11.1 Å². The molecular formula is C24H21NO2S. The molecule has 1 amide bonds. The Morgan fingerprint density at radius 3 is 2.25 bits per heavy atom. The summed E-state index contributed by atoms with van der Waals surface area (Å²) in [6.07, 6.45) is 3.29. The fourth-order valence-corrected chi connectivity index (χ4v) is 3.32. The van der Waals surface area contributed by atoms with Crippen molar-refractivity contribution in [3.05, 3.63) is 102 Å². The number of aryl methyl sites for hydroxylation is 1. The highest BCUT2D eigenvalue weighted by Gasteiger charge is 2.06. The minimum Gasteiger partial charge on any atom is -0.323 e. The number of ketones is 1. The van der Waals surface area contributed by atoms with E-state index in [9.17, 15) is 9.59 Å². The summed E-state index contributed by atoms with van der Waals surface area (Å²) >= 11 is 1.49. The van der Waals surface area contributed by atoms with Crippen molar-refractivity contribution in [2.24, 2.45) is 0 Å². The molecule has 0 unspecified atom stereocenters. The van der Waals surface area contributed by atoms with E-state index in [0.29, 0.717) is 5.75 Å². The average molecular weight is 388 g/mol. The SMILES string of the molecule is Cc1ccc(C(=O)CSc2ccc(NC(=O)/C=C/c3ccccc3)cc2)cc1. The zero-order valence-electron chi connectivity index (χ0n) is 15.6. The number of benzene rings is 3. The Bertz CT molecular complexity index is 962. The molecule has 28 heavy (non-hydrogen) atoms. The fraction of sp³-hybridized carbons (Fsp3) is 0.0833. The van der Waals surface area contributed by atoms with E-state index in [1.165, 1.54) is 17.8 Å². The highest BCUT2D eigenvalue weighted by molar-refractivity contribution is 8.00. The van der Waals surface area contributed by atoms with Crippen LogP contribution in [0.3, 0.4) is 0 Å². The predicted molar refractivity (Wildman–Crippen MR) is 117 cm³/mol. The molecule has 0 aliphatic heterocycles. The molecular weight excluding hydrogens is 366 g/mol. The minimum atomic E-state index is -0.182. The third kappa shape index (κ3) is 5.96. The Balaban J connectivity index is 1.50. The molecule has 0 fully saturated rings. The minimum absolute atomic E-state index is 0.105. The van der Waals surface area contributed by atoms with Crippen molar-refractivity contribution < 1.29 is 9.59 Å². The van der Waals surface area contributed by atoms with Gasteiger partial charge in [0.15, 0.2) is 5.78 Å². The number of rotatable bonds is 7. The number of amides is 1. The molecule has 0 saturated carbocycles. The van der Waals surface area contributed by atoms with Crippen LogP contribution in [0, 0.1) is 6.92 Å². The van der Waals surface area contributed by atoms with Gasteiger partial charge in [-0.1, -0.05) is 60.2 Å². The van der Waals surface area contributed by atoms with Crippen LogP contribution in [0.4, 0.5) is 5.69 Å². The van der Waals surface area contributed by atoms with Crippen LogP contribution in [0.5, 0.6) is 0 Å². The lowest BCUT2D eigenvalue weighted by atomic mass is 10.1. The number of nitrogens with one attached hydrogen (secondary N) is 1. The van der Waals surface area contributed by atoms with Gasteiger partial charge in [-0.25, -0.2) is 0 Å². The molecule has 0 spiro atoms. The second kappa shape index (κ2) is 9.72. The summed E-state index contributed by atoms with van der Waals surface area (Å²) in [4.78, 5) is 25.2. The molecule has 0 radical (unpaired) electrons. The molecule has 0 aromatic heterocycles. The molecule has 3 aromatic carbocycles. The predicted octanol–water partition coefficient (Wildman–Crippen LogP) is 5.62. The molecule has 3 rings (SSSR count). The molecule has 0 aliphatic rings. The molecule has 4 heteroatoms. The van der Waals surface area contributed by atoms with Crippen LogP contribution in [0.2, 0.25) is 0 Å². The first-order valence-electron chi connectivity index (χ1n) is 8.97. The third-order valence-corrected chi connectivity index (χ3v) is 5.10. The zero-order valence-corrected chi connectivity index (χ0v) is 16.4. The zero-order chi connectivity index (χ0) is 19.8. The van der Waals surface area contributed by atoms with Crippen LogP contribution in [0.15, 0.2) is 89.8 Å². The lowest BCUT2D eigenvalue weighted by Crippen LogP contribution is -2.07. The van der Waals surface area contributed by atoms with Crippen molar-refractivity contribution in [2.45, 2.75) is 11.8 Å². The van der Waals surface area contributed by atoms with Gasteiger partial charge in [-0.15, -0.1) is 11.8 Å². The lowest BCUT2D eigenvalue weighted by Gasteiger charge is -2.05. The van der Waals surface area contributed by atoms with Crippen molar-refractivity contribution in [3.63, 3.8) is 0 Å². The second-order valence-corrected chi connectivity index (χ2v) is 7.38. The van der Waals surface area contributed by atoms with E-state index >= 15 is 0 Å². The number of hydrogen-bond acceptors (Lipinski definition) is 3. The number of anilines is 1. The van der Waals surface area contributed by atoms with Crippen LogP contribution in [-0.2, 0) is 4.79 Å². The number of carbonyl (C=O) groups excluding carboxylic acids is 2. The van der Waals surface area contributed by atoms with Crippen molar-refractivity contribution in [3.8, 4) is 0 Å². The van der Waals surface area contributed by atoms with E-state index in [4.69, 9.17) is 0 Å². The summed E-state index contributed by atoms with van der Waals surface area (Å²) in [6.45, 7) is 2.00. The highest BCUT2D eigenvalue weighted by Crippen LogP contribution is 2.21. The van der Waals surface area contributed by atoms with Gasteiger partial charge in [0, 0.05) is 22.2 Å². The van der Waals surface area contributed by atoms with Crippen LogP contribution >= 0.6 is 11.8 Å². The number of thioether (sulfide) groups is 1. The van der Waals surface area contributed by atoms with E-state index in [0.717, 1.165) is 27.3 Å². The second-order valence-electron chi connectivity index (χ2n) is 6.34. The van der Waals surface area contributed by atoms with Gasteiger partial charge in [-0.2, -0.15) is 0 Å². The van der Waals surface area contributed by atoms with Gasteiger partial charge in [-0.05, 0) is 42.8 Å². The third-order valence-electron chi connectivity index (χ3n) is 4.09. The Kier molecular flexibility index (Phi) is 6.82. The van der Waals surface area contributed by atoms with Gasteiger partial charge in [0.2, 0.25) is 5.91 Å². The summed E-state index contributed by atoms with van der Waals surface area (Å²) in [7, 11) is 0. The van der Waals surface area contributed by atoms with E-state index in [1.54, 1.807) is 6.08 Å². The Hall–Kier alpha value is -3.11. The van der Waals surface area contributed by atoms with Crippen molar-refractivity contribution >= 4 is 35.2 Å². The van der Waals surface area contributed by atoms with Crippen LogP contribution in [0.1, 0.15) is 21.5 Å². The molecule has 140 valence electrons. The number of Topliss-reactive ketones (excluding diaryl/α,β-unsaturated/α-hetero) is 1. The maximum Gasteiger partial charge on any atom is 0.248 e. The number of carbonyl (C=O) groups is 2. The maximum absolute atomic E-state index is 12.2. The van der Waals surface area contributed by atoms with E-state index < -0.39 is 0 Å². The smallest absolute Gasteiger partial charge is 0.248 e. The van der Waals surface area contributed by atoms with Gasteiger partial charge in [0.1, 0.15) is 0 Å². The number of hydrogen-bond donors (Lipinski definition) is 1. The Morgan fingerprint density at radius 1 is 0.893 bits per heavy atom. The van der Waals surface area contributed by atoms with Gasteiger partial charge < -0.3 is 5.32 Å². The normalized spacial score (nSPS) is 10.8. The summed E-state index contributed by atoms with van der Waals surface area (Å²) in [5.41, 5.74) is 3.56. The Labute approximate surface area is 169 Å².